The summed E-state index contributed by atoms with van der Waals surface area (Å²) in [5, 5.41) is 0. The molecule has 0 unspecified atom stereocenters. The molecule has 0 atom stereocenters. The Kier molecular flexibility index (Phi) is 4.90. The second-order valence-corrected chi connectivity index (χ2v) is 6.18. The van der Waals surface area contributed by atoms with E-state index in [-0.39, 0.29) is 11.1 Å². The number of hydrogen-bond donors (Lipinski definition) is 0. The molecule has 0 fully saturated rings. The van der Waals surface area contributed by atoms with Crippen molar-refractivity contribution in [3.05, 3.63) is 106 Å². The first-order valence-corrected chi connectivity index (χ1v) is 7.78. The lowest BCUT2D eigenvalue weighted by Crippen LogP contribution is -2.27. The van der Waals surface area contributed by atoms with Crippen molar-refractivity contribution in [2.45, 2.75) is 4.87 Å². The largest absolute Gasteiger partial charge is 0.207 e. The average Bonchev–Trinajstić information content (AvgIpc) is 2.65. The van der Waals surface area contributed by atoms with E-state index >= 15 is 0 Å². The molecule has 0 saturated heterocycles. The van der Waals surface area contributed by atoms with E-state index in [9.17, 15) is 30.7 Å². The summed E-state index contributed by atoms with van der Waals surface area (Å²) in [6, 6.07) is 7.75. The quantitative estimate of drug-likeness (QED) is 0.160. The summed E-state index contributed by atoms with van der Waals surface area (Å²) in [7, 11) is 0. The Morgan fingerprint density at radius 3 is 1.11 bits per heavy atom. The van der Waals surface area contributed by atoms with Gasteiger partial charge >= 0.3 is 0 Å². The van der Waals surface area contributed by atoms with Gasteiger partial charge in [-0.2, -0.15) is 0 Å². The summed E-state index contributed by atoms with van der Waals surface area (Å²) >= 11 is 6.45. The van der Waals surface area contributed by atoms with Gasteiger partial charge in [-0.1, -0.05) is 24.3 Å². The van der Waals surface area contributed by atoms with Crippen molar-refractivity contribution < 1.29 is 30.7 Å². The van der Waals surface area contributed by atoms with Crippen LogP contribution in [0.3, 0.4) is 0 Å². The van der Waals surface area contributed by atoms with Crippen molar-refractivity contribution in [2.24, 2.45) is 0 Å². The van der Waals surface area contributed by atoms with Crippen LogP contribution in [0.15, 0.2) is 48.5 Å². The summed E-state index contributed by atoms with van der Waals surface area (Å²) < 4.78 is 96.4. The summed E-state index contributed by atoms with van der Waals surface area (Å²) in [4.78, 5) is -2.44. The van der Waals surface area contributed by atoms with Crippen molar-refractivity contribution in [3.63, 3.8) is 0 Å². The molecule has 0 aromatic heterocycles. The van der Waals surface area contributed by atoms with Crippen LogP contribution >= 0.6 is 11.6 Å². The topological polar surface area (TPSA) is 0 Å². The predicted molar refractivity (Wildman–Crippen MR) is 84.8 cm³/mol. The highest BCUT2D eigenvalue weighted by Gasteiger charge is 2.43. The molecule has 8 heteroatoms. The van der Waals surface area contributed by atoms with E-state index in [2.05, 4.69) is 0 Å². The molecular weight excluding hydrogens is 397 g/mol. The zero-order valence-electron chi connectivity index (χ0n) is 13.1. The van der Waals surface area contributed by atoms with Crippen LogP contribution in [0, 0.1) is 40.7 Å². The van der Waals surface area contributed by atoms with Gasteiger partial charge in [0.05, 0.1) is 5.56 Å². The van der Waals surface area contributed by atoms with E-state index in [1.807, 2.05) is 0 Å². The van der Waals surface area contributed by atoms with Crippen molar-refractivity contribution in [3.8, 4) is 0 Å². The zero-order chi connectivity index (χ0) is 19.9. The Hall–Kier alpha value is -2.54. The van der Waals surface area contributed by atoms with Crippen LogP contribution in [0.2, 0.25) is 0 Å². The first-order chi connectivity index (χ1) is 12.7. The normalized spacial score (nSPS) is 11.7. The summed E-state index contributed by atoms with van der Waals surface area (Å²) in [6.45, 7) is 0. The molecule has 0 heterocycles. The third-order valence-electron chi connectivity index (χ3n) is 4.04. The lowest BCUT2D eigenvalue weighted by atomic mass is 9.83. The van der Waals surface area contributed by atoms with Crippen LogP contribution < -0.4 is 0 Å². The zero-order valence-corrected chi connectivity index (χ0v) is 13.9. The maximum Gasteiger partial charge on any atom is 0.200 e. The van der Waals surface area contributed by atoms with Gasteiger partial charge in [0.15, 0.2) is 23.3 Å². The van der Waals surface area contributed by atoms with Crippen molar-refractivity contribution in [1.29, 1.82) is 0 Å². The minimum Gasteiger partial charge on any atom is -0.207 e. The highest BCUT2D eigenvalue weighted by Crippen LogP contribution is 2.46. The van der Waals surface area contributed by atoms with E-state index in [1.54, 1.807) is 0 Å². The van der Waals surface area contributed by atoms with Gasteiger partial charge in [-0.25, -0.2) is 30.7 Å². The van der Waals surface area contributed by atoms with Gasteiger partial charge < -0.3 is 0 Å². The van der Waals surface area contributed by atoms with Crippen LogP contribution in [0.5, 0.6) is 0 Å². The maximum atomic E-state index is 14.5. The van der Waals surface area contributed by atoms with Gasteiger partial charge in [0.2, 0.25) is 5.82 Å². The Bertz CT molecular complexity index is 924. The molecule has 0 N–H and O–H groups in total. The average molecular weight is 405 g/mol. The third-order valence-corrected chi connectivity index (χ3v) is 4.66. The molecule has 0 aliphatic carbocycles. The van der Waals surface area contributed by atoms with E-state index < -0.39 is 51.2 Å². The summed E-state index contributed by atoms with van der Waals surface area (Å²) in [5.74, 6) is -12.4. The standard InChI is InChI=1S/C19H8ClF7/c20-19(9-1-5-11(21)6-2-9,10-3-7-12(22)8-4-10)13-14(23)16(25)18(27)17(26)15(13)24/h1-8H. The number of halogens is 8. The number of benzene rings is 3. The number of hydrogen-bond acceptors (Lipinski definition) is 0. The molecule has 3 aromatic carbocycles. The Labute approximate surface area is 153 Å². The molecule has 3 aromatic rings. The molecular formula is C19H8ClF7. The maximum absolute atomic E-state index is 14.5. The van der Waals surface area contributed by atoms with Gasteiger partial charge in [-0.3, -0.25) is 0 Å². The van der Waals surface area contributed by atoms with Gasteiger partial charge in [0, 0.05) is 0 Å². The molecule has 27 heavy (non-hydrogen) atoms. The highest BCUT2D eigenvalue weighted by molar-refractivity contribution is 6.28. The van der Waals surface area contributed by atoms with E-state index in [1.165, 1.54) is 0 Å². The monoisotopic (exact) mass is 404 g/mol. The minimum atomic E-state index is -2.44. The fraction of sp³-hybridized carbons (Fsp3) is 0.0526. The van der Waals surface area contributed by atoms with Gasteiger partial charge in [0.1, 0.15) is 16.5 Å². The summed E-state index contributed by atoms with van der Waals surface area (Å²) in [6.07, 6.45) is 0. The lowest BCUT2D eigenvalue weighted by Gasteiger charge is -2.30. The van der Waals surface area contributed by atoms with Crippen LogP contribution in [-0.2, 0) is 4.87 Å². The molecule has 140 valence electrons. The van der Waals surface area contributed by atoms with E-state index in [0.29, 0.717) is 0 Å². The molecule has 0 aliphatic heterocycles. The smallest absolute Gasteiger partial charge is 0.200 e. The fourth-order valence-corrected chi connectivity index (χ4v) is 3.14. The molecule has 3 rings (SSSR count). The van der Waals surface area contributed by atoms with Crippen LogP contribution in [0.4, 0.5) is 30.7 Å². The van der Waals surface area contributed by atoms with Crippen LogP contribution in [-0.4, -0.2) is 0 Å². The molecule has 0 aliphatic rings. The first kappa shape index (κ1) is 19.2. The van der Waals surface area contributed by atoms with Crippen LogP contribution in [0.25, 0.3) is 0 Å². The Morgan fingerprint density at radius 2 is 0.778 bits per heavy atom. The lowest BCUT2D eigenvalue weighted by molar-refractivity contribution is 0.366. The minimum absolute atomic E-state index is 0.180. The molecule has 0 spiro atoms. The fourth-order valence-electron chi connectivity index (χ4n) is 2.72. The van der Waals surface area contributed by atoms with Crippen molar-refractivity contribution >= 4 is 11.6 Å². The van der Waals surface area contributed by atoms with E-state index in [4.69, 9.17) is 11.6 Å². The molecule has 0 nitrogen and oxygen atoms in total. The summed E-state index contributed by atoms with van der Waals surface area (Å²) in [5.41, 5.74) is -1.71. The second-order valence-electron chi connectivity index (χ2n) is 5.62. The second kappa shape index (κ2) is 6.88. The van der Waals surface area contributed by atoms with E-state index in [0.717, 1.165) is 48.5 Å². The SMILES string of the molecule is Fc1ccc(C(Cl)(c2ccc(F)cc2)c2c(F)c(F)c(F)c(F)c2F)cc1. The Morgan fingerprint density at radius 1 is 0.481 bits per heavy atom. The number of alkyl halides is 1. The first-order valence-electron chi connectivity index (χ1n) is 7.40. The van der Waals surface area contributed by atoms with Crippen LogP contribution in [0.1, 0.15) is 16.7 Å². The van der Waals surface area contributed by atoms with Gasteiger partial charge in [-0.05, 0) is 35.4 Å². The van der Waals surface area contributed by atoms with Crippen molar-refractivity contribution in [2.75, 3.05) is 0 Å². The molecule has 0 radical (unpaired) electrons. The highest BCUT2D eigenvalue weighted by atomic mass is 35.5. The van der Waals surface area contributed by atoms with Gasteiger partial charge in [0.25, 0.3) is 0 Å². The predicted octanol–water partition coefficient (Wildman–Crippen LogP) is 6.19. The third kappa shape index (κ3) is 3.06. The van der Waals surface area contributed by atoms with Gasteiger partial charge in [-0.15, -0.1) is 11.6 Å². The Balaban J connectivity index is 2.42. The molecule has 0 amide bonds. The van der Waals surface area contributed by atoms with Crippen molar-refractivity contribution in [1.82, 2.24) is 0 Å². The number of rotatable bonds is 3. The molecule has 0 bridgehead atoms. The molecule has 0 saturated carbocycles.